The van der Waals surface area contributed by atoms with Crippen LogP contribution in [0.2, 0.25) is 0 Å². The van der Waals surface area contributed by atoms with E-state index in [9.17, 15) is 26.0 Å². The number of alkyl halides is 3. The first kappa shape index (κ1) is 21.8. The lowest BCUT2D eigenvalue weighted by Crippen LogP contribution is -2.10. The second-order valence-electron chi connectivity index (χ2n) is 7.13. The molecule has 0 aliphatic rings. The molecule has 3 aromatic carbocycles. The van der Waals surface area contributed by atoms with E-state index < -0.39 is 33.0 Å². The van der Waals surface area contributed by atoms with Crippen molar-refractivity contribution in [3.05, 3.63) is 90.5 Å². The summed E-state index contributed by atoms with van der Waals surface area (Å²) in [7, 11) is -3.37. The van der Waals surface area contributed by atoms with Gasteiger partial charge in [-0.05, 0) is 47.5 Å². The zero-order valence-electron chi connectivity index (χ0n) is 16.6. The number of sulfone groups is 1. The third-order valence-corrected chi connectivity index (χ3v) is 6.03. The molecular formula is C23H16F4N2O2S. The van der Waals surface area contributed by atoms with Gasteiger partial charge < -0.3 is 0 Å². The van der Waals surface area contributed by atoms with Crippen LogP contribution in [0.3, 0.4) is 0 Å². The molecule has 0 radical (unpaired) electrons. The van der Waals surface area contributed by atoms with Crippen molar-refractivity contribution in [2.45, 2.75) is 11.1 Å². The molecule has 0 fully saturated rings. The average molecular weight is 460 g/mol. The monoisotopic (exact) mass is 460 g/mol. The highest BCUT2D eigenvalue weighted by Gasteiger charge is 2.36. The minimum atomic E-state index is -4.75. The van der Waals surface area contributed by atoms with Crippen LogP contribution in [0.15, 0.2) is 84.0 Å². The van der Waals surface area contributed by atoms with Crippen molar-refractivity contribution in [2.24, 2.45) is 0 Å². The van der Waals surface area contributed by atoms with Gasteiger partial charge in [-0.15, -0.1) is 0 Å². The summed E-state index contributed by atoms with van der Waals surface area (Å²) in [4.78, 5) is 4.15. The molecule has 0 saturated heterocycles. The van der Waals surface area contributed by atoms with Gasteiger partial charge in [-0.25, -0.2) is 17.8 Å². The molecule has 0 bridgehead atoms. The summed E-state index contributed by atoms with van der Waals surface area (Å²) in [6, 6.07) is 15.9. The molecule has 0 aliphatic heterocycles. The molecule has 1 heterocycles. The van der Waals surface area contributed by atoms with Crippen LogP contribution >= 0.6 is 0 Å². The number of hydrogen-bond donors (Lipinski definition) is 0. The summed E-state index contributed by atoms with van der Waals surface area (Å²) in [5.41, 5.74) is 0.104. The summed E-state index contributed by atoms with van der Waals surface area (Å²) in [6.45, 7) is 0. The fourth-order valence-corrected chi connectivity index (χ4v) is 4.07. The number of aromatic nitrogens is 2. The molecule has 4 aromatic rings. The van der Waals surface area contributed by atoms with Gasteiger partial charge >= 0.3 is 6.18 Å². The van der Waals surface area contributed by atoms with E-state index in [0.717, 1.165) is 24.5 Å². The maximum Gasteiger partial charge on any atom is 0.417 e. The Morgan fingerprint density at radius 2 is 1.59 bits per heavy atom. The van der Waals surface area contributed by atoms with E-state index in [1.807, 2.05) is 0 Å². The zero-order chi connectivity index (χ0) is 23.1. The van der Waals surface area contributed by atoms with Crippen LogP contribution in [0.25, 0.3) is 28.2 Å². The number of hydrogen-bond acceptors (Lipinski definition) is 3. The lowest BCUT2D eigenvalue weighted by Gasteiger charge is -2.15. The molecule has 0 saturated carbocycles. The molecule has 0 amide bonds. The standard InChI is InChI=1S/C23H16F4N2O2S/c1-32(30,31)18-5-2-4-16(14-18)15-8-10-17(11-9-15)29-13-12-28-22(29)21-19(23(25,26)27)6-3-7-20(21)24/h2-14H,1H3. The van der Waals surface area contributed by atoms with Crippen LogP contribution in [0.1, 0.15) is 5.56 Å². The van der Waals surface area contributed by atoms with E-state index >= 15 is 0 Å². The molecule has 0 spiro atoms. The first-order valence-corrected chi connectivity index (χ1v) is 11.3. The van der Waals surface area contributed by atoms with Gasteiger partial charge in [0.05, 0.1) is 16.0 Å². The van der Waals surface area contributed by atoms with E-state index in [4.69, 9.17) is 0 Å². The summed E-state index contributed by atoms with van der Waals surface area (Å²) < 4.78 is 79.8. The quantitative estimate of drug-likeness (QED) is 0.364. The topological polar surface area (TPSA) is 52.0 Å². The van der Waals surface area contributed by atoms with Crippen molar-refractivity contribution in [3.63, 3.8) is 0 Å². The fraction of sp³-hybridized carbons (Fsp3) is 0.0870. The SMILES string of the molecule is CS(=O)(=O)c1cccc(-c2ccc(-n3ccnc3-c3c(F)cccc3C(F)(F)F)cc2)c1. The van der Waals surface area contributed by atoms with E-state index in [-0.39, 0.29) is 10.7 Å². The molecule has 0 atom stereocenters. The molecular weight excluding hydrogens is 444 g/mol. The number of benzene rings is 3. The first-order chi connectivity index (χ1) is 15.1. The Kier molecular flexibility index (Phi) is 5.37. The lowest BCUT2D eigenvalue weighted by atomic mass is 10.0. The molecule has 0 unspecified atom stereocenters. The summed E-state index contributed by atoms with van der Waals surface area (Å²) >= 11 is 0. The number of imidazole rings is 1. The highest BCUT2D eigenvalue weighted by molar-refractivity contribution is 7.90. The second kappa shape index (κ2) is 7.90. The van der Waals surface area contributed by atoms with E-state index in [2.05, 4.69) is 4.98 Å². The minimum absolute atomic E-state index is 0.176. The zero-order valence-corrected chi connectivity index (χ0v) is 17.5. The molecule has 164 valence electrons. The van der Waals surface area contributed by atoms with Gasteiger partial charge in [-0.2, -0.15) is 13.2 Å². The number of halogens is 4. The average Bonchev–Trinajstić information content (AvgIpc) is 3.22. The number of rotatable bonds is 4. The predicted octanol–water partition coefficient (Wildman–Crippen LogP) is 5.77. The molecule has 4 rings (SSSR count). The van der Waals surface area contributed by atoms with Gasteiger partial charge in [0.25, 0.3) is 0 Å². The summed E-state index contributed by atoms with van der Waals surface area (Å²) in [6.07, 6.45) is -0.886. The van der Waals surface area contributed by atoms with Crippen LogP contribution in [0.5, 0.6) is 0 Å². The van der Waals surface area contributed by atoms with Crippen molar-refractivity contribution in [1.82, 2.24) is 9.55 Å². The van der Waals surface area contributed by atoms with Gasteiger partial charge in [0.1, 0.15) is 11.6 Å². The first-order valence-electron chi connectivity index (χ1n) is 9.36. The van der Waals surface area contributed by atoms with Crippen LogP contribution in [0, 0.1) is 5.82 Å². The Bertz CT molecular complexity index is 1390. The molecule has 0 aliphatic carbocycles. The van der Waals surface area contributed by atoms with Gasteiger partial charge in [0.2, 0.25) is 0 Å². The molecule has 0 N–H and O–H groups in total. The third-order valence-electron chi connectivity index (χ3n) is 4.92. The Morgan fingerprint density at radius 1 is 0.906 bits per heavy atom. The molecule has 4 nitrogen and oxygen atoms in total. The number of nitrogens with zero attached hydrogens (tertiary/aromatic N) is 2. The third kappa shape index (κ3) is 4.16. The lowest BCUT2D eigenvalue weighted by molar-refractivity contribution is -0.137. The van der Waals surface area contributed by atoms with Crippen LogP contribution < -0.4 is 0 Å². The Hall–Kier alpha value is -3.46. The van der Waals surface area contributed by atoms with Crippen molar-refractivity contribution >= 4 is 9.84 Å². The summed E-state index contributed by atoms with van der Waals surface area (Å²) in [5, 5.41) is 0. The van der Waals surface area contributed by atoms with Gasteiger partial charge in [-0.3, -0.25) is 4.57 Å². The second-order valence-corrected chi connectivity index (χ2v) is 9.14. The van der Waals surface area contributed by atoms with E-state index in [1.165, 1.54) is 23.0 Å². The van der Waals surface area contributed by atoms with Crippen LogP contribution in [0.4, 0.5) is 17.6 Å². The van der Waals surface area contributed by atoms with Gasteiger partial charge in [0.15, 0.2) is 9.84 Å². The molecule has 32 heavy (non-hydrogen) atoms. The predicted molar refractivity (Wildman–Crippen MR) is 113 cm³/mol. The van der Waals surface area contributed by atoms with Crippen molar-refractivity contribution < 1.29 is 26.0 Å². The Balaban J connectivity index is 1.77. The van der Waals surface area contributed by atoms with Crippen LogP contribution in [-0.2, 0) is 16.0 Å². The fourth-order valence-electron chi connectivity index (χ4n) is 3.41. The highest BCUT2D eigenvalue weighted by Crippen LogP contribution is 2.38. The van der Waals surface area contributed by atoms with Crippen molar-refractivity contribution in [3.8, 4) is 28.2 Å². The molecule has 1 aromatic heterocycles. The largest absolute Gasteiger partial charge is 0.417 e. The minimum Gasteiger partial charge on any atom is -0.300 e. The maximum atomic E-state index is 14.5. The Labute approximate surface area is 181 Å². The van der Waals surface area contributed by atoms with Crippen molar-refractivity contribution in [1.29, 1.82) is 0 Å². The van der Waals surface area contributed by atoms with Crippen molar-refractivity contribution in [2.75, 3.05) is 6.26 Å². The highest BCUT2D eigenvalue weighted by atomic mass is 32.2. The summed E-state index contributed by atoms with van der Waals surface area (Å²) in [5.74, 6) is -1.20. The normalized spacial score (nSPS) is 12.2. The van der Waals surface area contributed by atoms with Gasteiger partial charge in [-0.1, -0.05) is 30.3 Å². The van der Waals surface area contributed by atoms with E-state index in [0.29, 0.717) is 16.8 Å². The maximum absolute atomic E-state index is 14.5. The Morgan fingerprint density at radius 3 is 2.25 bits per heavy atom. The van der Waals surface area contributed by atoms with Crippen LogP contribution in [-0.4, -0.2) is 24.2 Å². The molecule has 9 heteroatoms. The van der Waals surface area contributed by atoms with E-state index in [1.54, 1.807) is 42.5 Å². The smallest absolute Gasteiger partial charge is 0.300 e. The van der Waals surface area contributed by atoms with Gasteiger partial charge in [0, 0.05) is 24.3 Å².